The zero-order valence-corrected chi connectivity index (χ0v) is 10.6. The minimum atomic E-state index is -1.35. The van der Waals surface area contributed by atoms with Gasteiger partial charge in [-0.3, -0.25) is 0 Å². The number of nitrogen functional groups attached to an aromatic ring is 1. The number of nitriles is 1. The van der Waals surface area contributed by atoms with Crippen molar-refractivity contribution in [3.05, 3.63) is 59.7 Å². The molecule has 0 atom stereocenters. The van der Waals surface area contributed by atoms with Crippen molar-refractivity contribution in [2.24, 2.45) is 0 Å². The van der Waals surface area contributed by atoms with Crippen LogP contribution in [0.4, 0.5) is 5.69 Å². The molecule has 0 saturated carbocycles. The molecule has 0 aliphatic heterocycles. The molecular formula is C14H15BN2O2. The molecule has 0 spiro atoms. The molecule has 2 rings (SSSR count). The van der Waals surface area contributed by atoms with E-state index < -0.39 is 7.12 Å². The van der Waals surface area contributed by atoms with Gasteiger partial charge in [-0.2, -0.15) is 5.26 Å². The summed E-state index contributed by atoms with van der Waals surface area (Å²) in [6.45, 7) is 1.91. The normalized spacial score (nSPS) is 8.95. The summed E-state index contributed by atoms with van der Waals surface area (Å²) in [4.78, 5) is 0. The fourth-order valence-corrected chi connectivity index (χ4v) is 1.43. The lowest BCUT2D eigenvalue weighted by Crippen LogP contribution is -2.29. The van der Waals surface area contributed by atoms with E-state index in [0.717, 1.165) is 5.56 Å². The summed E-state index contributed by atoms with van der Waals surface area (Å²) in [5.74, 6) is 0. The van der Waals surface area contributed by atoms with Gasteiger partial charge < -0.3 is 15.8 Å². The van der Waals surface area contributed by atoms with Crippen LogP contribution in [-0.4, -0.2) is 17.2 Å². The van der Waals surface area contributed by atoms with Gasteiger partial charge in [-0.05, 0) is 24.5 Å². The molecule has 0 aromatic heterocycles. The van der Waals surface area contributed by atoms with Gasteiger partial charge in [-0.15, -0.1) is 0 Å². The summed E-state index contributed by atoms with van der Waals surface area (Å²) in [5.41, 5.74) is 8.06. The summed E-state index contributed by atoms with van der Waals surface area (Å²) < 4.78 is 0. The van der Waals surface area contributed by atoms with E-state index in [9.17, 15) is 0 Å². The van der Waals surface area contributed by atoms with E-state index in [0.29, 0.717) is 16.7 Å². The van der Waals surface area contributed by atoms with Crippen LogP contribution in [0.2, 0.25) is 0 Å². The van der Waals surface area contributed by atoms with Crippen molar-refractivity contribution in [2.45, 2.75) is 6.92 Å². The molecule has 0 unspecified atom stereocenters. The van der Waals surface area contributed by atoms with Gasteiger partial charge in [0.2, 0.25) is 0 Å². The van der Waals surface area contributed by atoms with Crippen LogP contribution in [0.25, 0.3) is 0 Å². The largest absolute Gasteiger partial charge is 0.488 e. The predicted octanol–water partition coefficient (Wildman–Crippen LogP) is 0.815. The van der Waals surface area contributed by atoms with E-state index in [2.05, 4.69) is 0 Å². The van der Waals surface area contributed by atoms with Crippen molar-refractivity contribution < 1.29 is 10.0 Å². The van der Waals surface area contributed by atoms with E-state index in [1.165, 1.54) is 0 Å². The fourth-order valence-electron chi connectivity index (χ4n) is 1.43. The Balaban J connectivity index is 0.000000191. The van der Waals surface area contributed by atoms with Crippen LogP contribution in [0.5, 0.6) is 0 Å². The molecule has 19 heavy (non-hydrogen) atoms. The van der Waals surface area contributed by atoms with Crippen molar-refractivity contribution in [1.82, 2.24) is 0 Å². The number of anilines is 1. The van der Waals surface area contributed by atoms with Crippen LogP contribution < -0.4 is 11.2 Å². The number of nitrogens with zero attached hydrogens (tertiary/aromatic N) is 1. The number of hydrogen-bond acceptors (Lipinski definition) is 4. The van der Waals surface area contributed by atoms with Gasteiger partial charge in [-0.1, -0.05) is 42.0 Å². The number of aryl methyl sites for hydroxylation is 1. The third-order valence-electron chi connectivity index (χ3n) is 2.42. The third-order valence-corrected chi connectivity index (χ3v) is 2.42. The molecule has 4 nitrogen and oxygen atoms in total. The molecule has 0 amide bonds. The maximum Gasteiger partial charge on any atom is 0.488 e. The van der Waals surface area contributed by atoms with E-state index >= 15 is 0 Å². The van der Waals surface area contributed by atoms with Crippen molar-refractivity contribution >= 4 is 18.3 Å². The third kappa shape index (κ3) is 4.84. The lowest BCUT2D eigenvalue weighted by molar-refractivity contribution is 0.425. The lowest BCUT2D eigenvalue weighted by atomic mass is 9.80. The zero-order chi connectivity index (χ0) is 14.3. The molecule has 0 radical (unpaired) electrons. The molecule has 0 saturated heterocycles. The molecule has 2 aromatic carbocycles. The summed E-state index contributed by atoms with van der Waals surface area (Å²) in [6, 6.07) is 16.1. The summed E-state index contributed by atoms with van der Waals surface area (Å²) in [6.07, 6.45) is 0. The average molecular weight is 254 g/mol. The van der Waals surface area contributed by atoms with Crippen LogP contribution in [0.15, 0.2) is 48.5 Å². The Bertz CT molecular complexity index is 580. The van der Waals surface area contributed by atoms with E-state index in [1.54, 1.807) is 42.5 Å². The zero-order valence-electron chi connectivity index (χ0n) is 10.6. The van der Waals surface area contributed by atoms with E-state index in [4.69, 9.17) is 21.0 Å². The van der Waals surface area contributed by atoms with Crippen LogP contribution in [0.1, 0.15) is 11.1 Å². The van der Waals surface area contributed by atoms with Crippen molar-refractivity contribution in [3.63, 3.8) is 0 Å². The molecule has 96 valence electrons. The molecule has 0 aliphatic carbocycles. The van der Waals surface area contributed by atoms with Gasteiger partial charge in [0, 0.05) is 5.69 Å². The second-order valence-electron chi connectivity index (χ2n) is 3.99. The van der Waals surface area contributed by atoms with Gasteiger partial charge in [0.25, 0.3) is 0 Å². The highest BCUT2D eigenvalue weighted by atomic mass is 16.4. The molecule has 5 heteroatoms. The first-order chi connectivity index (χ1) is 9.04. The molecule has 0 heterocycles. The van der Waals surface area contributed by atoms with E-state index in [1.807, 2.05) is 19.1 Å². The highest BCUT2D eigenvalue weighted by Gasteiger charge is 2.08. The number of benzene rings is 2. The van der Waals surface area contributed by atoms with Crippen molar-refractivity contribution in [1.29, 1.82) is 5.26 Å². The monoisotopic (exact) mass is 254 g/mol. The Morgan fingerprint density at radius 2 is 1.79 bits per heavy atom. The number of hydrogen-bond donors (Lipinski definition) is 3. The maximum absolute atomic E-state index is 8.70. The van der Waals surface area contributed by atoms with Crippen LogP contribution >= 0.6 is 0 Å². The summed E-state index contributed by atoms with van der Waals surface area (Å²) in [7, 11) is -1.35. The van der Waals surface area contributed by atoms with E-state index in [-0.39, 0.29) is 0 Å². The van der Waals surface area contributed by atoms with Gasteiger partial charge in [0.1, 0.15) is 6.07 Å². The topological polar surface area (TPSA) is 90.3 Å². The molecule has 0 aliphatic rings. The van der Waals surface area contributed by atoms with Crippen LogP contribution in [0, 0.1) is 18.3 Å². The Morgan fingerprint density at radius 1 is 1.11 bits per heavy atom. The summed E-state index contributed by atoms with van der Waals surface area (Å²) >= 11 is 0. The Morgan fingerprint density at radius 3 is 2.21 bits per heavy atom. The van der Waals surface area contributed by atoms with Gasteiger partial charge in [-0.25, -0.2) is 0 Å². The van der Waals surface area contributed by atoms with Gasteiger partial charge >= 0.3 is 7.12 Å². The Labute approximate surface area is 112 Å². The first kappa shape index (κ1) is 14.8. The molecule has 2 aromatic rings. The number of rotatable bonds is 1. The quantitative estimate of drug-likeness (QED) is 0.519. The van der Waals surface area contributed by atoms with Crippen LogP contribution in [-0.2, 0) is 0 Å². The SMILES string of the molecule is Cc1cccc(B(O)O)c1.N#Cc1ccccc1N. The van der Waals surface area contributed by atoms with Gasteiger partial charge in [0.05, 0.1) is 5.56 Å². The molecule has 0 bridgehead atoms. The number of nitrogens with two attached hydrogens (primary N) is 1. The second-order valence-corrected chi connectivity index (χ2v) is 3.99. The first-order valence-corrected chi connectivity index (χ1v) is 5.72. The number of para-hydroxylation sites is 1. The van der Waals surface area contributed by atoms with Crippen molar-refractivity contribution in [3.8, 4) is 6.07 Å². The lowest BCUT2D eigenvalue weighted by Gasteiger charge is -1.98. The predicted molar refractivity (Wildman–Crippen MR) is 76.6 cm³/mol. The van der Waals surface area contributed by atoms with Gasteiger partial charge in [0.15, 0.2) is 0 Å². The second kappa shape index (κ2) is 7.22. The molecular weight excluding hydrogens is 239 g/mol. The first-order valence-electron chi connectivity index (χ1n) is 5.72. The smallest absolute Gasteiger partial charge is 0.423 e. The highest BCUT2D eigenvalue weighted by Crippen LogP contribution is 2.07. The van der Waals surface area contributed by atoms with Crippen LogP contribution in [0.3, 0.4) is 0 Å². The Kier molecular flexibility index (Phi) is 5.61. The average Bonchev–Trinajstić information content (AvgIpc) is 2.40. The Hall–Kier alpha value is -2.29. The fraction of sp³-hybridized carbons (Fsp3) is 0.0714. The summed E-state index contributed by atoms with van der Waals surface area (Å²) in [5, 5.41) is 25.8. The molecule has 4 N–H and O–H groups in total. The standard InChI is InChI=1S/C7H9BO2.C7H6N2/c1-6-3-2-4-7(5-6)8(9)10;8-5-6-3-1-2-4-7(6)9/h2-5,9-10H,1H3;1-4H,9H2. The van der Waals surface area contributed by atoms with Crippen molar-refractivity contribution in [2.75, 3.05) is 5.73 Å². The maximum atomic E-state index is 8.70. The minimum Gasteiger partial charge on any atom is -0.423 e. The minimum absolute atomic E-state index is 0.539. The molecule has 0 fully saturated rings. The highest BCUT2D eigenvalue weighted by molar-refractivity contribution is 6.58.